The van der Waals surface area contributed by atoms with Crippen LogP contribution in [0.1, 0.15) is 11.1 Å². The number of aromatic amines is 1. The number of nitrogen functional groups attached to an aromatic ring is 2. The van der Waals surface area contributed by atoms with Crippen molar-refractivity contribution in [2.45, 2.75) is 6.54 Å². The quantitative estimate of drug-likeness (QED) is 0.606. The van der Waals surface area contributed by atoms with Crippen molar-refractivity contribution in [1.29, 1.82) is 5.26 Å². The van der Waals surface area contributed by atoms with Gasteiger partial charge in [-0.05, 0) is 17.7 Å². The van der Waals surface area contributed by atoms with E-state index in [0.29, 0.717) is 18.1 Å². The van der Waals surface area contributed by atoms with Gasteiger partial charge in [0.05, 0.1) is 18.2 Å². The molecule has 5 N–H and O–H groups in total. The van der Waals surface area contributed by atoms with Crippen LogP contribution in [-0.4, -0.2) is 29.9 Å². The fourth-order valence-corrected chi connectivity index (χ4v) is 1.47. The Labute approximate surface area is 120 Å². The molecular weight excluding hydrogens is 270 g/mol. The van der Waals surface area contributed by atoms with Crippen LogP contribution in [0.15, 0.2) is 36.9 Å². The fraction of sp³-hybridized carbons (Fsp3) is 0.0833. The third-order valence-corrected chi connectivity index (χ3v) is 2.42. The lowest BCUT2D eigenvalue weighted by Crippen LogP contribution is -2.00. The number of benzene rings is 1. The lowest BCUT2D eigenvalue weighted by molar-refractivity contribution is 0.687. The predicted octanol–water partition coefficient (Wildman–Crippen LogP) is 0.167. The average molecular weight is 283 g/mol. The summed E-state index contributed by atoms with van der Waals surface area (Å²) in [5.41, 5.74) is 12.1. The number of hydrogen-bond donors (Lipinski definition) is 3. The highest BCUT2D eigenvalue weighted by atomic mass is 15.4. The first-order chi connectivity index (χ1) is 10.2. The number of H-pyrrole nitrogens is 1. The Kier molecular flexibility index (Phi) is 4.45. The summed E-state index contributed by atoms with van der Waals surface area (Å²) in [6, 6.07) is 9.38. The van der Waals surface area contributed by atoms with Gasteiger partial charge in [0.1, 0.15) is 12.7 Å². The van der Waals surface area contributed by atoms with Crippen LogP contribution in [0.3, 0.4) is 0 Å². The zero-order valence-corrected chi connectivity index (χ0v) is 11.0. The van der Waals surface area contributed by atoms with E-state index in [1.165, 1.54) is 6.33 Å². The molecule has 1 aromatic carbocycles. The van der Waals surface area contributed by atoms with Gasteiger partial charge in [0.25, 0.3) is 0 Å². The minimum absolute atomic E-state index is 0.267. The molecule has 0 unspecified atom stereocenters. The summed E-state index contributed by atoms with van der Waals surface area (Å²) in [5, 5.41) is 18.5. The number of aromatic nitrogens is 6. The lowest BCUT2D eigenvalue weighted by Gasteiger charge is -2.00. The number of rotatable bonds is 2. The first kappa shape index (κ1) is 14.0. The van der Waals surface area contributed by atoms with E-state index in [2.05, 4.69) is 31.3 Å². The van der Waals surface area contributed by atoms with Gasteiger partial charge in [-0.15, -0.1) is 5.10 Å². The highest BCUT2D eigenvalue weighted by Crippen LogP contribution is 2.05. The number of hydrogen-bond acceptors (Lipinski definition) is 7. The van der Waals surface area contributed by atoms with Gasteiger partial charge in [0.2, 0.25) is 11.9 Å². The summed E-state index contributed by atoms with van der Waals surface area (Å²) in [6.07, 6.45) is 2.93. The third kappa shape index (κ3) is 4.32. The average Bonchev–Trinajstić information content (AvgIpc) is 3.12. The summed E-state index contributed by atoms with van der Waals surface area (Å²) in [7, 11) is 0. The lowest BCUT2D eigenvalue weighted by atomic mass is 10.1. The van der Waals surface area contributed by atoms with Gasteiger partial charge in [-0.1, -0.05) is 12.1 Å². The topological polar surface area (TPSA) is 148 Å². The van der Waals surface area contributed by atoms with Gasteiger partial charge in [-0.2, -0.15) is 10.4 Å². The van der Waals surface area contributed by atoms with E-state index < -0.39 is 0 Å². The minimum atomic E-state index is 0.267. The molecule has 0 fully saturated rings. The predicted molar refractivity (Wildman–Crippen MR) is 75.5 cm³/mol. The van der Waals surface area contributed by atoms with Gasteiger partial charge < -0.3 is 11.5 Å². The molecule has 0 spiro atoms. The zero-order valence-electron chi connectivity index (χ0n) is 11.0. The first-order valence-electron chi connectivity index (χ1n) is 5.92. The van der Waals surface area contributed by atoms with Gasteiger partial charge in [-0.3, -0.25) is 0 Å². The normalized spacial score (nSPS) is 9.48. The molecule has 106 valence electrons. The summed E-state index contributed by atoms with van der Waals surface area (Å²) in [5.74, 6) is 0.624. The van der Waals surface area contributed by atoms with Crippen LogP contribution in [-0.2, 0) is 6.54 Å². The number of anilines is 2. The molecule has 0 saturated carbocycles. The van der Waals surface area contributed by atoms with Gasteiger partial charge in [0, 0.05) is 0 Å². The smallest absolute Gasteiger partial charge is 0.239 e. The van der Waals surface area contributed by atoms with E-state index in [0.717, 1.165) is 5.56 Å². The van der Waals surface area contributed by atoms with Gasteiger partial charge in [0.15, 0.2) is 0 Å². The second-order valence-corrected chi connectivity index (χ2v) is 3.98. The van der Waals surface area contributed by atoms with Crippen molar-refractivity contribution in [3.63, 3.8) is 0 Å². The molecule has 3 rings (SSSR count). The largest absolute Gasteiger partial charge is 0.368 e. The Hall–Kier alpha value is -3.41. The van der Waals surface area contributed by atoms with E-state index in [-0.39, 0.29) is 5.95 Å². The highest BCUT2D eigenvalue weighted by molar-refractivity contribution is 5.31. The molecule has 0 aliphatic heterocycles. The Balaban J connectivity index is 0.000000225. The van der Waals surface area contributed by atoms with E-state index in [9.17, 15) is 0 Å². The SMILES string of the molecule is N#Cc1ccc(Cn2cnc(N)n2)cc1.Nc1ncn[nH]1. The maximum absolute atomic E-state index is 8.63. The van der Waals surface area contributed by atoms with E-state index in [4.69, 9.17) is 16.7 Å². The molecular formula is C12H13N9. The maximum Gasteiger partial charge on any atom is 0.239 e. The fourth-order valence-electron chi connectivity index (χ4n) is 1.47. The number of nitrogens with two attached hydrogens (primary N) is 2. The molecule has 0 radical (unpaired) electrons. The molecule has 0 saturated heterocycles. The van der Waals surface area contributed by atoms with Gasteiger partial charge in [-0.25, -0.2) is 19.7 Å². The van der Waals surface area contributed by atoms with Crippen LogP contribution in [0, 0.1) is 11.3 Å². The third-order valence-electron chi connectivity index (χ3n) is 2.42. The summed E-state index contributed by atoms with van der Waals surface area (Å²) >= 11 is 0. The first-order valence-corrected chi connectivity index (χ1v) is 5.92. The summed E-state index contributed by atoms with van der Waals surface area (Å²) in [6.45, 7) is 0.607. The van der Waals surface area contributed by atoms with Crippen LogP contribution in [0.5, 0.6) is 0 Å². The highest BCUT2D eigenvalue weighted by Gasteiger charge is 1.98. The van der Waals surface area contributed by atoms with Crippen molar-refractivity contribution in [3.8, 4) is 6.07 Å². The molecule has 2 aromatic heterocycles. The van der Waals surface area contributed by atoms with Crippen molar-refractivity contribution in [2.75, 3.05) is 11.5 Å². The zero-order chi connectivity index (χ0) is 15.1. The number of nitrogens with zero attached hydrogens (tertiary/aromatic N) is 6. The molecule has 0 atom stereocenters. The van der Waals surface area contributed by atoms with Crippen LogP contribution in [0.4, 0.5) is 11.9 Å². The molecule has 0 bridgehead atoms. The molecule has 0 amide bonds. The monoisotopic (exact) mass is 283 g/mol. The Bertz CT molecular complexity index is 706. The van der Waals surface area contributed by atoms with E-state index in [1.54, 1.807) is 23.1 Å². The second kappa shape index (κ2) is 6.67. The van der Waals surface area contributed by atoms with Crippen LogP contribution in [0.25, 0.3) is 0 Å². The Morgan fingerprint density at radius 1 is 1.19 bits per heavy atom. The Morgan fingerprint density at radius 3 is 2.38 bits per heavy atom. The molecule has 9 nitrogen and oxygen atoms in total. The van der Waals surface area contributed by atoms with Crippen LogP contribution >= 0.6 is 0 Å². The van der Waals surface area contributed by atoms with Crippen molar-refractivity contribution >= 4 is 11.9 Å². The molecule has 21 heavy (non-hydrogen) atoms. The van der Waals surface area contributed by atoms with Crippen LogP contribution < -0.4 is 11.5 Å². The standard InChI is InChI=1S/C10H9N5.C2H4N4/c11-5-8-1-3-9(4-2-8)6-15-7-13-10(12)14-15;3-2-4-1-5-6-2/h1-4,7H,6H2,(H2,12,14);1H,(H3,3,4,5,6). The Morgan fingerprint density at radius 2 is 1.95 bits per heavy atom. The number of nitriles is 1. The van der Waals surface area contributed by atoms with Crippen LogP contribution in [0.2, 0.25) is 0 Å². The molecule has 0 aliphatic rings. The van der Waals surface area contributed by atoms with E-state index in [1.807, 2.05) is 12.1 Å². The van der Waals surface area contributed by atoms with E-state index >= 15 is 0 Å². The second-order valence-electron chi connectivity index (χ2n) is 3.98. The molecule has 0 aliphatic carbocycles. The molecule has 3 aromatic rings. The van der Waals surface area contributed by atoms with Gasteiger partial charge >= 0.3 is 0 Å². The molecule has 9 heteroatoms. The minimum Gasteiger partial charge on any atom is -0.368 e. The van der Waals surface area contributed by atoms with Crippen molar-refractivity contribution < 1.29 is 0 Å². The number of nitrogens with one attached hydrogen (secondary N) is 1. The summed E-state index contributed by atoms with van der Waals surface area (Å²) < 4.78 is 1.65. The van der Waals surface area contributed by atoms with Crippen molar-refractivity contribution in [3.05, 3.63) is 48.0 Å². The van der Waals surface area contributed by atoms with Crippen molar-refractivity contribution in [2.24, 2.45) is 0 Å². The summed E-state index contributed by atoms with van der Waals surface area (Å²) in [4.78, 5) is 7.35. The molecule has 2 heterocycles. The van der Waals surface area contributed by atoms with Crippen molar-refractivity contribution in [1.82, 2.24) is 29.9 Å². The maximum atomic E-state index is 8.63.